The van der Waals surface area contributed by atoms with Crippen LogP contribution in [-0.2, 0) is 4.74 Å². The molecule has 1 fully saturated rings. The van der Waals surface area contributed by atoms with E-state index >= 15 is 0 Å². The van der Waals surface area contributed by atoms with E-state index in [-0.39, 0.29) is 0 Å². The number of hydrogen-bond acceptors (Lipinski definition) is 3. The Bertz CT molecular complexity index is 416. The summed E-state index contributed by atoms with van der Waals surface area (Å²) in [6.07, 6.45) is 2.31. The molecular formula is C15H23N3OS. The number of rotatable bonds is 5. The zero-order chi connectivity index (χ0) is 14.2. The van der Waals surface area contributed by atoms with Gasteiger partial charge in [-0.3, -0.25) is 0 Å². The van der Waals surface area contributed by atoms with Crippen LogP contribution < -0.4 is 15.5 Å². The van der Waals surface area contributed by atoms with Crippen molar-refractivity contribution in [3.63, 3.8) is 0 Å². The Morgan fingerprint density at radius 3 is 2.60 bits per heavy atom. The molecular weight excluding hydrogens is 270 g/mol. The van der Waals surface area contributed by atoms with Crippen LogP contribution in [0, 0.1) is 0 Å². The fourth-order valence-electron chi connectivity index (χ4n) is 2.13. The summed E-state index contributed by atoms with van der Waals surface area (Å²) in [4.78, 5) is 2.34. The Hall–Kier alpha value is -1.33. The van der Waals surface area contributed by atoms with Crippen molar-refractivity contribution in [2.24, 2.45) is 0 Å². The average Bonchev–Trinajstić information content (AvgIpc) is 2.49. The summed E-state index contributed by atoms with van der Waals surface area (Å²) in [5.74, 6) is 0. The summed E-state index contributed by atoms with van der Waals surface area (Å²) in [5.41, 5.74) is 2.26. The topological polar surface area (TPSA) is 36.5 Å². The van der Waals surface area contributed by atoms with Gasteiger partial charge in [-0.1, -0.05) is 13.3 Å². The zero-order valence-corrected chi connectivity index (χ0v) is 12.8. The molecule has 2 rings (SSSR count). The van der Waals surface area contributed by atoms with Gasteiger partial charge in [-0.15, -0.1) is 0 Å². The van der Waals surface area contributed by atoms with Gasteiger partial charge in [0, 0.05) is 31.0 Å². The second-order valence-electron chi connectivity index (χ2n) is 4.88. The number of benzene rings is 1. The Morgan fingerprint density at radius 2 is 1.95 bits per heavy atom. The van der Waals surface area contributed by atoms with Crippen LogP contribution >= 0.6 is 12.2 Å². The lowest BCUT2D eigenvalue weighted by Gasteiger charge is -2.29. The standard InChI is InChI=1S/C15H23N3OS/c1-2-3-8-16-15(20)17-13-4-6-14(7-5-13)18-9-11-19-12-10-18/h4-7H,2-3,8-12H2,1H3,(H2,16,17,20). The molecule has 110 valence electrons. The molecule has 0 unspecified atom stereocenters. The molecule has 1 aliphatic rings. The maximum absolute atomic E-state index is 5.36. The van der Waals surface area contributed by atoms with Crippen LogP contribution in [0.1, 0.15) is 19.8 Å². The summed E-state index contributed by atoms with van der Waals surface area (Å²) in [6, 6.07) is 8.39. The minimum Gasteiger partial charge on any atom is -0.378 e. The third-order valence-corrected chi connectivity index (χ3v) is 3.56. The van der Waals surface area contributed by atoms with Crippen molar-refractivity contribution in [1.82, 2.24) is 5.32 Å². The van der Waals surface area contributed by atoms with Crippen LogP contribution in [0.25, 0.3) is 0 Å². The first kappa shape index (κ1) is 15.1. The van der Waals surface area contributed by atoms with Crippen LogP contribution in [-0.4, -0.2) is 38.0 Å². The lowest BCUT2D eigenvalue weighted by Crippen LogP contribution is -2.36. The van der Waals surface area contributed by atoms with Gasteiger partial charge in [-0.2, -0.15) is 0 Å². The Labute approximate surface area is 126 Å². The summed E-state index contributed by atoms with van der Waals surface area (Å²) in [6.45, 7) is 6.64. The molecule has 1 heterocycles. The van der Waals surface area contributed by atoms with Gasteiger partial charge in [0.2, 0.25) is 0 Å². The van der Waals surface area contributed by atoms with Gasteiger partial charge in [0.15, 0.2) is 5.11 Å². The first-order chi connectivity index (χ1) is 9.79. The normalized spacial score (nSPS) is 14.9. The van der Waals surface area contributed by atoms with Gasteiger partial charge in [-0.05, 0) is 42.9 Å². The first-order valence-corrected chi connectivity index (χ1v) is 7.68. The number of ether oxygens (including phenoxy) is 1. The molecule has 0 atom stereocenters. The SMILES string of the molecule is CCCCNC(=S)Nc1ccc(N2CCOCC2)cc1. The van der Waals surface area contributed by atoms with Crippen molar-refractivity contribution in [3.8, 4) is 0 Å². The third-order valence-electron chi connectivity index (χ3n) is 3.32. The highest BCUT2D eigenvalue weighted by Crippen LogP contribution is 2.18. The molecule has 2 N–H and O–H groups in total. The highest BCUT2D eigenvalue weighted by atomic mass is 32.1. The van der Waals surface area contributed by atoms with E-state index in [0.717, 1.165) is 45.0 Å². The van der Waals surface area contributed by atoms with Gasteiger partial charge in [-0.25, -0.2) is 0 Å². The largest absolute Gasteiger partial charge is 0.378 e. The van der Waals surface area contributed by atoms with Crippen LogP contribution in [0.4, 0.5) is 11.4 Å². The van der Waals surface area contributed by atoms with E-state index in [4.69, 9.17) is 17.0 Å². The molecule has 5 heteroatoms. The molecule has 1 aromatic rings. The van der Waals surface area contributed by atoms with Crippen molar-refractivity contribution in [3.05, 3.63) is 24.3 Å². The number of thiocarbonyl (C=S) groups is 1. The Balaban J connectivity index is 1.83. The van der Waals surface area contributed by atoms with Crippen molar-refractivity contribution < 1.29 is 4.74 Å². The van der Waals surface area contributed by atoms with E-state index in [2.05, 4.69) is 46.7 Å². The van der Waals surface area contributed by atoms with Crippen LogP contribution in [0.2, 0.25) is 0 Å². The zero-order valence-electron chi connectivity index (χ0n) is 12.0. The molecule has 20 heavy (non-hydrogen) atoms. The number of hydrogen-bond donors (Lipinski definition) is 2. The van der Waals surface area contributed by atoms with E-state index in [0.29, 0.717) is 5.11 Å². The molecule has 0 radical (unpaired) electrons. The number of anilines is 2. The van der Waals surface area contributed by atoms with E-state index in [1.54, 1.807) is 0 Å². The van der Waals surface area contributed by atoms with Crippen LogP contribution in [0.3, 0.4) is 0 Å². The van der Waals surface area contributed by atoms with E-state index in [1.165, 1.54) is 12.1 Å². The lowest BCUT2D eigenvalue weighted by atomic mass is 10.2. The minimum atomic E-state index is 0.692. The number of nitrogens with zero attached hydrogens (tertiary/aromatic N) is 1. The first-order valence-electron chi connectivity index (χ1n) is 7.27. The predicted octanol–water partition coefficient (Wildman–Crippen LogP) is 2.61. The maximum Gasteiger partial charge on any atom is 0.170 e. The lowest BCUT2D eigenvalue weighted by molar-refractivity contribution is 0.122. The molecule has 0 spiro atoms. The van der Waals surface area contributed by atoms with Crippen LogP contribution in [0.5, 0.6) is 0 Å². The highest BCUT2D eigenvalue weighted by Gasteiger charge is 2.10. The second-order valence-corrected chi connectivity index (χ2v) is 5.29. The summed E-state index contributed by atoms with van der Waals surface area (Å²) in [5, 5.41) is 7.10. The predicted molar refractivity (Wildman–Crippen MR) is 88.6 cm³/mol. The smallest absolute Gasteiger partial charge is 0.170 e. The molecule has 0 amide bonds. The molecule has 0 saturated carbocycles. The maximum atomic E-state index is 5.36. The monoisotopic (exact) mass is 293 g/mol. The fraction of sp³-hybridized carbons (Fsp3) is 0.533. The second kappa shape index (κ2) is 8.07. The molecule has 1 saturated heterocycles. The average molecular weight is 293 g/mol. The van der Waals surface area contributed by atoms with Crippen molar-refractivity contribution >= 4 is 28.7 Å². The van der Waals surface area contributed by atoms with Crippen molar-refractivity contribution in [2.75, 3.05) is 43.1 Å². The molecule has 0 bridgehead atoms. The van der Waals surface area contributed by atoms with Gasteiger partial charge in [0.1, 0.15) is 0 Å². The number of nitrogens with one attached hydrogen (secondary N) is 2. The third kappa shape index (κ3) is 4.65. The Morgan fingerprint density at radius 1 is 1.25 bits per heavy atom. The van der Waals surface area contributed by atoms with Gasteiger partial charge in [0.25, 0.3) is 0 Å². The van der Waals surface area contributed by atoms with Crippen LogP contribution in [0.15, 0.2) is 24.3 Å². The number of morpholine rings is 1. The van der Waals surface area contributed by atoms with Gasteiger partial charge >= 0.3 is 0 Å². The summed E-state index contributed by atoms with van der Waals surface area (Å²) in [7, 11) is 0. The highest BCUT2D eigenvalue weighted by molar-refractivity contribution is 7.80. The van der Waals surface area contributed by atoms with Gasteiger partial charge < -0.3 is 20.3 Å². The van der Waals surface area contributed by atoms with Gasteiger partial charge in [0.05, 0.1) is 13.2 Å². The minimum absolute atomic E-state index is 0.692. The van der Waals surface area contributed by atoms with E-state index in [9.17, 15) is 0 Å². The quantitative estimate of drug-likeness (QED) is 0.645. The molecule has 1 aromatic carbocycles. The molecule has 0 aliphatic carbocycles. The number of unbranched alkanes of at least 4 members (excludes halogenated alkanes) is 1. The summed E-state index contributed by atoms with van der Waals surface area (Å²) >= 11 is 5.26. The summed E-state index contributed by atoms with van der Waals surface area (Å²) < 4.78 is 5.36. The van der Waals surface area contributed by atoms with E-state index in [1.807, 2.05) is 0 Å². The molecule has 1 aliphatic heterocycles. The van der Waals surface area contributed by atoms with Crippen molar-refractivity contribution in [2.45, 2.75) is 19.8 Å². The Kier molecular flexibility index (Phi) is 6.08. The van der Waals surface area contributed by atoms with E-state index < -0.39 is 0 Å². The van der Waals surface area contributed by atoms with Crippen molar-refractivity contribution in [1.29, 1.82) is 0 Å². The molecule has 0 aromatic heterocycles. The molecule has 4 nitrogen and oxygen atoms in total. The fourth-order valence-corrected chi connectivity index (χ4v) is 2.35.